The van der Waals surface area contributed by atoms with E-state index in [4.69, 9.17) is 9.84 Å². The van der Waals surface area contributed by atoms with Crippen LogP contribution in [0.2, 0.25) is 0 Å². The van der Waals surface area contributed by atoms with Gasteiger partial charge in [-0.3, -0.25) is 4.79 Å². The highest BCUT2D eigenvalue weighted by atomic mass is 16.5. The van der Waals surface area contributed by atoms with Crippen molar-refractivity contribution in [1.82, 2.24) is 0 Å². The number of ether oxygens (including phenoxy) is 1. The molecule has 0 aromatic heterocycles. The van der Waals surface area contributed by atoms with E-state index in [0.717, 1.165) is 28.7 Å². The van der Waals surface area contributed by atoms with Gasteiger partial charge in [-0.15, -0.1) is 0 Å². The molecule has 3 aromatic rings. The van der Waals surface area contributed by atoms with Gasteiger partial charge >= 0.3 is 5.97 Å². The molecule has 0 aliphatic heterocycles. The number of phenolic OH excluding ortho intramolecular Hbond substituents is 1. The van der Waals surface area contributed by atoms with Gasteiger partial charge in [-0.1, -0.05) is 61.5 Å². The average Bonchev–Trinajstić information content (AvgIpc) is 2.77. The third-order valence-corrected chi connectivity index (χ3v) is 4.88. The summed E-state index contributed by atoms with van der Waals surface area (Å²) in [5, 5.41) is 18.5. The zero-order chi connectivity index (χ0) is 21.3. The number of hydrogen-bond donors (Lipinski definition) is 2. The fourth-order valence-corrected chi connectivity index (χ4v) is 3.44. The van der Waals surface area contributed by atoms with Gasteiger partial charge in [-0.05, 0) is 64.9 Å². The van der Waals surface area contributed by atoms with E-state index < -0.39 is 5.97 Å². The van der Waals surface area contributed by atoms with Crippen molar-refractivity contribution in [2.45, 2.75) is 26.2 Å². The Morgan fingerprint density at radius 2 is 1.43 bits per heavy atom. The lowest BCUT2D eigenvalue weighted by molar-refractivity contribution is -0.137. The smallest absolute Gasteiger partial charge is 0.303 e. The Morgan fingerprint density at radius 3 is 2.00 bits per heavy atom. The topological polar surface area (TPSA) is 66.8 Å². The molecule has 0 fully saturated rings. The summed E-state index contributed by atoms with van der Waals surface area (Å²) in [6.07, 6.45) is 1.43. The molecule has 4 heteroatoms. The molecule has 3 aromatic carbocycles. The SMILES string of the molecule is CC/C(=C(/c1ccc(O)cc1)c1ccc(OCCCC(=O)O)cc1)c1ccccc1. The van der Waals surface area contributed by atoms with Crippen molar-refractivity contribution in [3.8, 4) is 11.5 Å². The van der Waals surface area contributed by atoms with E-state index in [-0.39, 0.29) is 12.2 Å². The Hall–Kier alpha value is -3.53. The van der Waals surface area contributed by atoms with E-state index in [1.165, 1.54) is 5.57 Å². The number of carboxylic acid groups (broad SMARTS) is 1. The van der Waals surface area contributed by atoms with Crippen LogP contribution in [0, 0.1) is 0 Å². The monoisotopic (exact) mass is 402 g/mol. The molecule has 4 nitrogen and oxygen atoms in total. The van der Waals surface area contributed by atoms with Gasteiger partial charge in [-0.2, -0.15) is 0 Å². The molecule has 30 heavy (non-hydrogen) atoms. The van der Waals surface area contributed by atoms with Crippen LogP contribution in [0.15, 0.2) is 78.9 Å². The summed E-state index contributed by atoms with van der Waals surface area (Å²) in [6, 6.07) is 25.4. The number of aromatic hydroxyl groups is 1. The first-order valence-corrected chi connectivity index (χ1v) is 10.1. The van der Waals surface area contributed by atoms with E-state index in [0.29, 0.717) is 18.8 Å². The summed E-state index contributed by atoms with van der Waals surface area (Å²) in [6.45, 7) is 2.51. The summed E-state index contributed by atoms with van der Waals surface area (Å²) in [5.74, 6) is 0.138. The van der Waals surface area contributed by atoms with Gasteiger partial charge < -0.3 is 14.9 Å². The third-order valence-electron chi connectivity index (χ3n) is 4.88. The van der Waals surface area contributed by atoms with Gasteiger partial charge in [0, 0.05) is 6.42 Å². The van der Waals surface area contributed by atoms with Crippen LogP contribution >= 0.6 is 0 Å². The fourth-order valence-electron chi connectivity index (χ4n) is 3.44. The molecule has 0 amide bonds. The van der Waals surface area contributed by atoms with Crippen LogP contribution in [-0.4, -0.2) is 22.8 Å². The van der Waals surface area contributed by atoms with E-state index in [9.17, 15) is 9.90 Å². The van der Waals surface area contributed by atoms with Crippen LogP contribution < -0.4 is 4.74 Å². The van der Waals surface area contributed by atoms with E-state index >= 15 is 0 Å². The molecule has 3 rings (SSSR count). The quantitative estimate of drug-likeness (QED) is 0.340. The standard InChI is InChI=1S/C26H26O4/c1-2-24(19-7-4-3-5-8-19)26(20-10-14-22(27)15-11-20)21-12-16-23(17-13-21)30-18-6-9-25(28)29/h3-5,7-8,10-17,27H,2,6,9,18H2,1H3,(H,28,29)/b26-24+. The van der Waals surface area contributed by atoms with Crippen molar-refractivity contribution in [2.24, 2.45) is 0 Å². The predicted molar refractivity (Wildman–Crippen MR) is 120 cm³/mol. The number of benzene rings is 3. The van der Waals surface area contributed by atoms with E-state index in [1.807, 2.05) is 54.6 Å². The summed E-state index contributed by atoms with van der Waals surface area (Å²) in [5.41, 5.74) is 5.58. The molecule has 0 heterocycles. The van der Waals surface area contributed by atoms with Gasteiger partial charge in [0.25, 0.3) is 0 Å². The highest BCUT2D eigenvalue weighted by Crippen LogP contribution is 2.35. The Labute approximate surface area is 177 Å². The van der Waals surface area contributed by atoms with Crippen LogP contribution in [-0.2, 0) is 4.79 Å². The number of allylic oxidation sites excluding steroid dienone is 1. The van der Waals surface area contributed by atoms with Gasteiger partial charge in [0.15, 0.2) is 0 Å². The van der Waals surface area contributed by atoms with Crippen molar-refractivity contribution < 1.29 is 19.7 Å². The van der Waals surface area contributed by atoms with E-state index in [2.05, 4.69) is 19.1 Å². The number of carbonyl (C=O) groups is 1. The minimum atomic E-state index is -0.814. The van der Waals surface area contributed by atoms with Gasteiger partial charge in [0.1, 0.15) is 11.5 Å². The molecule has 0 saturated heterocycles. The zero-order valence-corrected chi connectivity index (χ0v) is 17.0. The van der Waals surface area contributed by atoms with Crippen LogP contribution in [0.5, 0.6) is 11.5 Å². The Bertz CT molecular complexity index is 987. The summed E-state index contributed by atoms with van der Waals surface area (Å²) < 4.78 is 5.67. The van der Waals surface area contributed by atoms with Gasteiger partial charge in [0.2, 0.25) is 0 Å². The largest absolute Gasteiger partial charge is 0.508 e. The fraction of sp³-hybridized carbons (Fsp3) is 0.192. The van der Waals surface area contributed by atoms with Gasteiger partial charge in [0.05, 0.1) is 6.61 Å². The molecule has 0 spiro atoms. The molecule has 2 N–H and O–H groups in total. The molecule has 0 aliphatic rings. The minimum Gasteiger partial charge on any atom is -0.508 e. The van der Waals surface area contributed by atoms with Crippen LogP contribution in [0.1, 0.15) is 42.9 Å². The first kappa shape index (κ1) is 21.2. The van der Waals surface area contributed by atoms with Crippen molar-refractivity contribution in [2.75, 3.05) is 6.61 Å². The lowest BCUT2D eigenvalue weighted by atomic mass is 9.88. The molecule has 0 atom stereocenters. The highest BCUT2D eigenvalue weighted by molar-refractivity contribution is 5.98. The second-order valence-electron chi connectivity index (χ2n) is 6.99. The molecular formula is C26H26O4. The molecule has 0 radical (unpaired) electrons. The number of aliphatic carboxylic acids is 1. The highest BCUT2D eigenvalue weighted by Gasteiger charge is 2.13. The predicted octanol–water partition coefficient (Wildman–Crippen LogP) is 6.00. The number of hydrogen-bond acceptors (Lipinski definition) is 3. The maximum absolute atomic E-state index is 10.6. The first-order valence-electron chi connectivity index (χ1n) is 10.1. The Morgan fingerprint density at radius 1 is 0.833 bits per heavy atom. The van der Waals surface area contributed by atoms with Crippen molar-refractivity contribution >= 4 is 17.1 Å². The van der Waals surface area contributed by atoms with Crippen LogP contribution in [0.25, 0.3) is 11.1 Å². The number of rotatable bonds is 9. The maximum Gasteiger partial charge on any atom is 0.303 e. The molecule has 0 saturated carbocycles. The van der Waals surface area contributed by atoms with Crippen LogP contribution in [0.3, 0.4) is 0 Å². The summed E-state index contributed by atoms with van der Waals surface area (Å²) in [4.78, 5) is 10.6. The lowest BCUT2D eigenvalue weighted by Gasteiger charge is -2.17. The molecule has 0 unspecified atom stereocenters. The Balaban J connectivity index is 1.96. The zero-order valence-electron chi connectivity index (χ0n) is 17.0. The molecular weight excluding hydrogens is 376 g/mol. The van der Waals surface area contributed by atoms with Gasteiger partial charge in [-0.25, -0.2) is 0 Å². The molecule has 0 aliphatic carbocycles. The first-order chi connectivity index (χ1) is 14.6. The van der Waals surface area contributed by atoms with Crippen molar-refractivity contribution in [3.05, 3.63) is 95.6 Å². The molecule has 154 valence electrons. The molecule has 0 bridgehead atoms. The second-order valence-corrected chi connectivity index (χ2v) is 6.99. The van der Waals surface area contributed by atoms with Crippen molar-refractivity contribution in [1.29, 1.82) is 0 Å². The maximum atomic E-state index is 10.6. The number of carboxylic acids is 1. The van der Waals surface area contributed by atoms with E-state index in [1.54, 1.807) is 12.1 Å². The normalized spacial score (nSPS) is 11.6. The summed E-state index contributed by atoms with van der Waals surface area (Å²) in [7, 11) is 0. The summed E-state index contributed by atoms with van der Waals surface area (Å²) >= 11 is 0. The van der Waals surface area contributed by atoms with Crippen LogP contribution in [0.4, 0.5) is 0 Å². The minimum absolute atomic E-state index is 0.1000. The second kappa shape index (κ2) is 10.3. The third kappa shape index (κ3) is 5.51. The average molecular weight is 402 g/mol. The Kier molecular flexibility index (Phi) is 7.28. The number of phenols is 1. The lowest BCUT2D eigenvalue weighted by Crippen LogP contribution is -2.02. The van der Waals surface area contributed by atoms with Crippen molar-refractivity contribution in [3.63, 3.8) is 0 Å².